The number of likely N-dealkylation sites (N-methyl/N-ethyl adjacent to an activating group) is 1. The molecule has 1 fully saturated rings. The van der Waals surface area contributed by atoms with Crippen LogP contribution >= 0.6 is 11.6 Å². The Morgan fingerprint density at radius 2 is 1.95 bits per heavy atom. The van der Waals surface area contributed by atoms with E-state index in [0.717, 1.165) is 56.1 Å². The quantitative estimate of drug-likeness (QED) is 0.885. The molecule has 2 heterocycles. The minimum atomic E-state index is 0.577. The van der Waals surface area contributed by atoms with E-state index in [4.69, 9.17) is 22.3 Å². The topological polar surface area (TPSA) is 50.3 Å². The maximum atomic E-state index is 6.14. The van der Waals surface area contributed by atoms with Crippen LogP contribution in [0.5, 0.6) is 0 Å². The average Bonchev–Trinajstić information content (AvgIpc) is 2.79. The summed E-state index contributed by atoms with van der Waals surface area (Å²) in [5.41, 5.74) is 8.58. The Balaban J connectivity index is 2.06. The SMILES string of the molecule is CCCn1c(N2CCN(C)CC2)nc2cc(Cl)c(N)cc21. The lowest BCUT2D eigenvalue weighted by atomic mass is 10.2. The van der Waals surface area contributed by atoms with Crippen molar-refractivity contribution in [2.45, 2.75) is 19.9 Å². The number of nitrogen functional groups attached to an aromatic ring is 1. The molecule has 3 rings (SSSR count). The number of hydrogen-bond donors (Lipinski definition) is 1. The molecule has 0 saturated carbocycles. The molecular formula is C15H22ClN5. The van der Waals surface area contributed by atoms with Crippen molar-refractivity contribution in [3.05, 3.63) is 17.2 Å². The van der Waals surface area contributed by atoms with Gasteiger partial charge in [0.2, 0.25) is 5.95 Å². The molecule has 0 aliphatic carbocycles. The van der Waals surface area contributed by atoms with Crippen LogP contribution in [0.4, 0.5) is 11.6 Å². The summed E-state index contributed by atoms with van der Waals surface area (Å²) >= 11 is 6.14. The van der Waals surface area contributed by atoms with Crippen molar-refractivity contribution in [2.24, 2.45) is 0 Å². The predicted octanol–water partition coefficient (Wildman–Crippen LogP) is 2.43. The van der Waals surface area contributed by atoms with E-state index in [9.17, 15) is 0 Å². The van der Waals surface area contributed by atoms with Gasteiger partial charge in [-0.25, -0.2) is 4.98 Å². The summed E-state index contributed by atoms with van der Waals surface area (Å²) in [5, 5.41) is 0.577. The Morgan fingerprint density at radius 3 is 2.62 bits per heavy atom. The summed E-state index contributed by atoms with van der Waals surface area (Å²) in [5.74, 6) is 1.04. The van der Waals surface area contributed by atoms with Crippen LogP contribution in [0.2, 0.25) is 5.02 Å². The molecular weight excluding hydrogens is 286 g/mol. The molecule has 0 unspecified atom stereocenters. The number of imidazole rings is 1. The zero-order valence-electron chi connectivity index (χ0n) is 12.6. The fraction of sp³-hybridized carbons (Fsp3) is 0.533. The highest BCUT2D eigenvalue weighted by atomic mass is 35.5. The standard InChI is InChI=1S/C15H22ClN5/c1-3-4-21-14-10-12(17)11(16)9-13(14)18-15(21)20-7-5-19(2)6-8-20/h9-10H,3-8,17H2,1-2H3. The van der Waals surface area contributed by atoms with Gasteiger partial charge in [-0.05, 0) is 25.6 Å². The van der Waals surface area contributed by atoms with Gasteiger partial charge < -0.3 is 20.1 Å². The second-order valence-electron chi connectivity index (χ2n) is 5.72. The number of piperazine rings is 1. The number of aryl methyl sites for hydroxylation is 1. The molecule has 1 aromatic carbocycles. The molecule has 1 aromatic heterocycles. The lowest BCUT2D eigenvalue weighted by molar-refractivity contribution is 0.310. The third-order valence-electron chi connectivity index (χ3n) is 4.08. The van der Waals surface area contributed by atoms with Crippen LogP contribution in [0.25, 0.3) is 11.0 Å². The van der Waals surface area contributed by atoms with Crippen molar-refractivity contribution in [2.75, 3.05) is 43.9 Å². The molecule has 21 heavy (non-hydrogen) atoms. The highest BCUT2D eigenvalue weighted by Gasteiger charge is 2.21. The van der Waals surface area contributed by atoms with E-state index >= 15 is 0 Å². The van der Waals surface area contributed by atoms with Crippen molar-refractivity contribution in [1.29, 1.82) is 0 Å². The molecule has 0 bridgehead atoms. The summed E-state index contributed by atoms with van der Waals surface area (Å²) in [6, 6.07) is 3.82. The van der Waals surface area contributed by atoms with Crippen molar-refractivity contribution in [3.63, 3.8) is 0 Å². The number of halogens is 1. The molecule has 1 saturated heterocycles. The molecule has 1 aliphatic rings. The first kappa shape index (κ1) is 14.5. The van der Waals surface area contributed by atoms with Gasteiger partial charge in [0, 0.05) is 32.7 Å². The van der Waals surface area contributed by atoms with E-state index in [1.54, 1.807) is 0 Å². The van der Waals surface area contributed by atoms with Gasteiger partial charge in [0.1, 0.15) is 0 Å². The van der Waals surface area contributed by atoms with Crippen molar-refractivity contribution in [1.82, 2.24) is 14.5 Å². The normalized spacial score (nSPS) is 16.8. The summed E-state index contributed by atoms with van der Waals surface area (Å²) < 4.78 is 2.27. The lowest BCUT2D eigenvalue weighted by Crippen LogP contribution is -2.45. The highest BCUT2D eigenvalue weighted by Crippen LogP contribution is 2.30. The Labute approximate surface area is 130 Å². The van der Waals surface area contributed by atoms with Crippen LogP contribution in [0.15, 0.2) is 12.1 Å². The van der Waals surface area contributed by atoms with Crippen LogP contribution in [0, 0.1) is 0 Å². The minimum Gasteiger partial charge on any atom is -0.397 e. The maximum Gasteiger partial charge on any atom is 0.206 e. The molecule has 0 amide bonds. The minimum absolute atomic E-state index is 0.577. The van der Waals surface area contributed by atoms with Crippen LogP contribution < -0.4 is 10.6 Å². The largest absolute Gasteiger partial charge is 0.397 e. The number of fused-ring (bicyclic) bond motifs is 1. The number of benzene rings is 1. The molecule has 0 atom stereocenters. The zero-order chi connectivity index (χ0) is 15.0. The highest BCUT2D eigenvalue weighted by molar-refractivity contribution is 6.33. The van der Waals surface area contributed by atoms with E-state index in [0.29, 0.717) is 10.7 Å². The van der Waals surface area contributed by atoms with Gasteiger partial charge in [0.25, 0.3) is 0 Å². The van der Waals surface area contributed by atoms with E-state index in [-0.39, 0.29) is 0 Å². The molecule has 2 N–H and O–H groups in total. The van der Waals surface area contributed by atoms with Gasteiger partial charge in [0.05, 0.1) is 21.7 Å². The monoisotopic (exact) mass is 307 g/mol. The number of aromatic nitrogens is 2. The second-order valence-corrected chi connectivity index (χ2v) is 6.12. The van der Waals surface area contributed by atoms with E-state index in [1.165, 1.54) is 0 Å². The predicted molar refractivity (Wildman–Crippen MR) is 89.2 cm³/mol. The second kappa shape index (κ2) is 5.73. The molecule has 0 radical (unpaired) electrons. The van der Waals surface area contributed by atoms with Crippen LogP contribution in [-0.2, 0) is 6.54 Å². The Bertz CT molecular complexity index is 643. The smallest absolute Gasteiger partial charge is 0.206 e. The molecule has 2 aromatic rings. The Morgan fingerprint density at radius 1 is 1.24 bits per heavy atom. The van der Waals surface area contributed by atoms with Gasteiger partial charge in [0.15, 0.2) is 0 Å². The number of hydrogen-bond acceptors (Lipinski definition) is 4. The maximum absolute atomic E-state index is 6.14. The van der Waals surface area contributed by atoms with Crippen molar-refractivity contribution < 1.29 is 0 Å². The third kappa shape index (κ3) is 2.68. The first-order valence-electron chi connectivity index (χ1n) is 7.49. The van der Waals surface area contributed by atoms with Crippen LogP contribution in [0.3, 0.4) is 0 Å². The molecule has 114 valence electrons. The average molecular weight is 308 g/mol. The first-order valence-corrected chi connectivity index (χ1v) is 7.86. The summed E-state index contributed by atoms with van der Waals surface area (Å²) in [7, 11) is 2.16. The number of nitrogens with two attached hydrogens (primary N) is 1. The van der Waals surface area contributed by atoms with Gasteiger partial charge in [-0.2, -0.15) is 0 Å². The van der Waals surface area contributed by atoms with Gasteiger partial charge in [-0.15, -0.1) is 0 Å². The van der Waals surface area contributed by atoms with Crippen LogP contribution in [-0.4, -0.2) is 47.7 Å². The summed E-state index contributed by atoms with van der Waals surface area (Å²) in [6.07, 6.45) is 1.06. The van der Waals surface area contributed by atoms with Crippen LogP contribution in [0.1, 0.15) is 13.3 Å². The number of anilines is 2. The summed E-state index contributed by atoms with van der Waals surface area (Å²) in [6.45, 7) is 7.27. The van der Waals surface area contributed by atoms with Crippen molar-refractivity contribution in [3.8, 4) is 0 Å². The van der Waals surface area contributed by atoms with E-state index in [2.05, 4.69) is 28.3 Å². The zero-order valence-corrected chi connectivity index (χ0v) is 13.4. The van der Waals surface area contributed by atoms with Gasteiger partial charge in [-0.3, -0.25) is 0 Å². The Kier molecular flexibility index (Phi) is 3.95. The first-order chi connectivity index (χ1) is 10.1. The molecule has 1 aliphatic heterocycles. The van der Waals surface area contributed by atoms with Gasteiger partial charge >= 0.3 is 0 Å². The molecule has 0 spiro atoms. The summed E-state index contributed by atoms with van der Waals surface area (Å²) in [4.78, 5) is 9.52. The molecule has 5 nitrogen and oxygen atoms in total. The van der Waals surface area contributed by atoms with Gasteiger partial charge in [-0.1, -0.05) is 18.5 Å². The lowest BCUT2D eigenvalue weighted by Gasteiger charge is -2.33. The molecule has 6 heteroatoms. The fourth-order valence-corrected chi connectivity index (χ4v) is 3.00. The number of nitrogens with zero attached hydrogens (tertiary/aromatic N) is 4. The fourth-order valence-electron chi connectivity index (χ4n) is 2.84. The van der Waals surface area contributed by atoms with E-state index < -0.39 is 0 Å². The number of rotatable bonds is 3. The Hall–Kier alpha value is -1.46. The van der Waals surface area contributed by atoms with E-state index in [1.807, 2.05) is 12.1 Å². The third-order valence-corrected chi connectivity index (χ3v) is 4.41. The van der Waals surface area contributed by atoms with Crippen molar-refractivity contribution >= 4 is 34.3 Å².